The highest BCUT2D eigenvalue weighted by Gasteiger charge is 2.21. The molecule has 3 aromatic rings. The highest BCUT2D eigenvalue weighted by Crippen LogP contribution is 2.24. The number of benzene rings is 1. The Balaban J connectivity index is 1.29. The molecule has 1 saturated heterocycles. The van der Waals surface area contributed by atoms with Crippen molar-refractivity contribution in [1.82, 2.24) is 15.0 Å². The number of aromatic nitrogens is 2. The molecule has 25 heavy (non-hydrogen) atoms. The lowest BCUT2D eigenvalue weighted by atomic mass is 9.90. The van der Waals surface area contributed by atoms with Gasteiger partial charge in [-0.1, -0.05) is 17.3 Å². The number of hydrogen-bond donors (Lipinski definition) is 0. The highest BCUT2D eigenvalue weighted by atomic mass is 32.1. The number of rotatable bonds is 5. The topological polar surface area (TPSA) is 42.2 Å². The zero-order valence-electron chi connectivity index (χ0n) is 13.9. The fourth-order valence-corrected chi connectivity index (χ4v) is 4.00. The molecule has 130 valence electrons. The molecule has 0 radical (unpaired) electrons. The van der Waals surface area contributed by atoms with Crippen LogP contribution in [0.3, 0.4) is 0 Å². The van der Waals surface area contributed by atoms with E-state index in [2.05, 4.69) is 15.0 Å². The first-order chi connectivity index (χ1) is 12.3. The van der Waals surface area contributed by atoms with Crippen molar-refractivity contribution in [3.05, 3.63) is 58.3 Å². The third-order valence-electron chi connectivity index (χ3n) is 4.72. The van der Waals surface area contributed by atoms with Crippen LogP contribution in [0.4, 0.5) is 4.39 Å². The fraction of sp³-hybridized carbons (Fsp3) is 0.368. The molecule has 1 aromatic carbocycles. The van der Waals surface area contributed by atoms with Crippen molar-refractivity contribution < 1.29 is 8.91 Å². The maximum absolute atomic E-state index is 13.3. The maximum Gasteiger partial charge on any atom is 0.258 e. The Hall–Kier alpha value is -2.05. The second-order valence-electron chi connectivity index (χ2n) is 6.58. The monoisotopic (exact) mass is 357 g/mol. The van der Waals surface area contributed by atoms with Crippen molar-refractivity contribution in [2.75, 3.05) is 13.1 Å². The van der Waals surface area contributed by atoms with Crippen LogP contribution in [0, 0.1) is 11.7 Å². The largest absolute Gasteiger partial charge is 0.334 e. The van der Waals surface area contributed by atoms with Gasteiger partial charge in [0.2, 0.25) is 0 Å². The second-order valence-corrected chi connectivity index (χ2v) is 7.36. The van der Waals surface area contributed by atoms with Crippen LogP contribution in [0.25, 0.3) is 11.5 Å². The normalized spacial score (nSPS) is 16.4. The van der Waals surface area contributed by atoms with Gasteiger partial charge in [0.15, 0.2) is 5.82 Å². The first kappa shape index (κ1) is 16.4. The average Bonchev–Trinajstić information content (AvgIpc) is 3.28. The number of hydrogen-bond acceptors (Lipinski definition) is 5. The summed E-state index contributed by atoms with van der Waals surface area (Å²) in [7, 11) is 0. The Kier molecular flexibility index (Phi) is 4.90. The van der Waals surface area contributed by atoms with Gasteiger partial charge in [0.05, 0.1) is 12.1 Å². The molecule has 1 aliphatic rings. The van der Waals surface area contributed by atoms with E-state index in [1.165, 1.54) is 6.07 Å². The van der Waals surface area contributed by atoms with Crippen molar-refractivity contribution in [1.29, 1.82) is 0 Å². The van der Waals surface area contributed by atoms with Gasteiger partial charge in [-0.2, -0.15) is 16.3 Å². The molecule has 1 fully saturated rings. The Morgan fingerprint density at radius 2 is 2.12 bits per heavy atom. The fourth-order valence-electron chi connectivity index (χ4n) is 3.37. The van der Waals surface area contributed by atoms with Gasteiger partial charge in [0, 0.05) is 5.38 Å². The Morgan fingerprint density at radius 3 is 2.88 bits per heavy atom. The summed E-state index contributed by atoms with van der Waals surface area (Å²) >= 11 is 1.62. The van der Waals surface area contributed by atoms with Crippen molar-refractivity contribution >= 4 is 11.3 Å². The predicted molar refractivity (Wildman–Crippen MR) is 95.7 cm³/mol. The van der Waals surface area contributed by atoms with Crippen LogP contribution < -0.4 is 0 Å². The van der Waals surface area contributed by atoms with E-state index in [1.807, 2.05) is 22.9 Å². The van der Waals surface area contributed by atoms with Crippen LogP contribution in [0.2, 0.25) is 0 Å². The Morgan fingerprint density at radius 1 is 1.24 bits per heavy atom. The summed E-state index contributed by atoms with van der Waals surface area (Å²) in [5, 5.41) is 8.11. The van der Waals surface area contributed by atoms with Crippen LogP contribution in [0.15, 0.2) is 45.6 Å². The molecular formula is C19H20FN3OS. The minimum Gasteiger partial charge on any atom is -0.334 e. The minimum absolute atomic E-state index is 0.145. The van der Waals surface area contributed by atoms with Crippen molar-refractivity contribution in [2.45, 2.75) is 25.8 Å². The highest BCUT2D eigenvalue weighted by molar-refractivity contribution is 7.08. The molecule has 0 saturated carbocycles. The first-order valence-corrected chi connectivity index (χ1v) is 9.52. The van der Waals surface area contributed by atoms with Crippen LogP contribution in [-0.4, -0.2) is 28.1 Å². The molecule has 4 nitrogen and oxygen atoms in total. The molecule has 4 rings (SSSR count). The smallest absolute Gasteiger partial charge is 0.258 e. The molecule has 3 heterocycles. The minimum atomic E-state index is -0.145. The van der Waals surface area contributed by atoms with Gasteiger partial charge in [-0.05, 0) is 67.4 Å². The zero-order chi connectivity index (χ0) is 17.1. The first-order valence-electron chi connectivity index (χ1n) is 8.58. The molecular weight excluding hydrogens is 337 g/mol. The number of piperidine rings is 1. The summed E-state index contributed by atoms with van der Waals surface area (Å²) in [6, 6.07) is 8.95. The zero-order valence-corrected chi connectivity index (χ0v) is 14.7. The Labute approximate surface area is 150 Å². The van der Waals surface area contributed by atoms with Crippen LogP contribution in [-0.2, 0) is 13.0 Å². The van der Waals surface area contributed by atoms with Crippen LogP contribution in [0.1, 0.15) is 24.2 Å². The lowest BCUT2D eigenvalue weighted by Gasteiger charge is -2.31. The maximum atomic E-state index is 13.3. The Bertz CT molecular complexity index is 810. The van der Waals surface area contributed by atoms with Crippen molar-refractivity contribution in [2.24, 2.45) is 5.92 Å². The third kappa shape index (κ3) is 4.14. The third-order valence-corrected chi connectivity index (χ3v) is 5.41. The molecule has 1 aliphatic heterocycles. The van der Waals surface area contributed by atoms with E-state index in [0.29, 0.717) is 11.8 Å². The standard InChI is InChI=1S/C19H20FN3OS/c20-17-3-1-2-15(11-17)10-14-4-7-23(8-5-14)12-18-21-19(24-22-18)16-6-9-25-13-16/h1-3,6,9,11,13-14H,4-5,7-8,10,12H2. The van der Waals surface area contributed by atoms with E-state index >= 15 is 0 Å². The van der Waals surface area contributed by atoms with E-state index < -0.39 is 0 Å². The summed E-state index contributed by atoms with van der Waals surface area (Å²) in [6.45, 7) is 2.75. The molecule has 0 unspecified atom stereocenters. The summed E-state index contributed by atoms with van der Waals surface area (Å²) in [5.41, 5.74) is 2.08. The number of likely N-dealkylation sites (tertiary alicyclic amines) is 1. The number of thiophene rings is 1. The van der Waals surface area contributed by atoms with Crippen molar-refractivity contribution in [3.63, 3.8) is 0 Å². The lowest BCUT2D eigenvalue weighted by Crippen LogP contribution is -2.34. The van der Waals surface area contributed by atoms with E-state index in [1.54, 1.807) is 23.5 Å². The summed E-state index contributed by atoms with van der Waals surface area (Å²) in [6.07, 6.45) is 3.19. The molecule has 0 amide bonds. The van der Waals surface area contributed by atoms with E-state index in [9.17, 15) is 4.39 Å². The second kappa shape index (κ2) is 7.45. The number of halogens is 1. The van der Waals surface area contributed by atoms with Gasteiger partial charge in [-0.15, -0.1) is 0 Å². The molecule has 0 bridgehead atoms. The van der Waals surface area contributed by atoms with Gasteiger partial charge in [-0.3, -0.25) is 4.90 Å². The van der Waals surface area contributed by atoms with E-state index in [-0.39, 0.29) is 5.82 Å². The van der Waals surface area contributed by atoms with Gasteiger partial charge in [-0.25, -0.2) is 4.39 Å². The van der Waals surface area contributed by atoms with Crippen LogP contribution >= 0.6 is 11.3 Å². The summed E-state index contributed by atoms with van der Waals surface area (Å²) in [4.78, 5) is 6.85. The quantitative estimate of drug-likeness (QED) is 0.679. The lowest BCUT2D eigenvalue weighted by molar-refractivity contribution is 0.172. The van der Waals surface area contributed by atoms with Crippen LogP contribution in [0.5, 0.6) is 0 Å². The van der Waals surface area contributed by atoms with Gasteiger partial charge in [0.1, 0.15) is 5.82 Å². The van der Waals surface area contributed by atoms with Gasteiger partial charge < -0.3 is 4.52 Å². The van der Waals surface area contributed by atoms with Gasteiger partial charge >= 0.3 is 0 Å². The summed E-state index contributed by atoms with van der Waals surface area (Å²) < 4.78 is 18.6. The number of nitrogens with zero attached hydrogens (tertiary/aromatic N) is 3. The SMILES string of the molecule is Fc1cccc(CC2CCN(Cc3noc(-c4ccsc4)n3)CC2)c1. The molecule has 0 spiro atoms. The van der Waals surface area contributed by atoms with E-state index in [0.717, 1.165) is 55.8 Å². The van der Waals surface area contributed by atoms with Crippen molar-refractivity contribution in [3.8, 4) is 11.5 Å². The molecule has 0 atom stereocenters. The van der Waals surface area contributed by atoms with Gasteiger partial charge in [0.25, 0.3) is 5.89 Å². The van der Waals surface area contributed by atoms with E-state index in [4.69, 9.17) is 4.52 Å². The average molecular weight is 357 g/mol. The molecule has 0 N–H and O–H groups in total. The molecule has 6 heteroatoms. The predicted octanol–water partition coefficient (Wildman–Crippen LogP) is 4.39. The molecule has 2 aromatic heterocycles. The summed E-state index contributed by atoms with van der Waals surface area (Å²) in [5.74, 6) is 1.81. The molecule has 0 aliphatic carbocycles.